The summed E-state index contributed by atoms with van der Waals surface area (Å²) >= 11 is 0. The van der Waals surface area contributed by atoms with Gasteiger partial charge < -0.3 is 10.1 Å². The Morgan fingerprint density at radius 2 is 2.18 bits per heavy atom. The highest BCUT2D eigenvalue weighted by atomic mass is 32.2. The van der Waals surface area contributed by atoms with E-state index in [1.54, 1.807) is 0 Å². The van der Waals surface area contributed by atoms with Crippen molar-refractivity contribution in [3.63, 3.8) is 0 Å². The number of hydrogen-bond acceptors (Lipinski definition) is 5. The Morgan fingerprint density at radius 3 is 2.76 bits per heavy atom. The Labute approximate surface area is 102 Å². The van der Waals surface area contributed by atoms with Crippen LogP contribution in [0.1, 0.15) is 19.3 Å². The Kier molecular flexibility index (Phi) is 3.20. The van der Waals surface area contributed by atoms with Crippen molar-refractivity contribution < 1.29 is 17.9 Å². The van der Waals surface area contributed by atoms with Crippen molar-refractivity contribution in [3.05, 3.63) is 0 Å². The van der Waals surface area contributed by atoms with E-state index in [1.807, 2.05) is 0 Å². The average molecular weight is 261 g/mol. The second kappa shape index (κ2) is 4.24. The van der Waals surface area contributed by atoms with Gasteiger partial charge in [0.2, 0.25) is 0 Å². The van der Waals surface area contributed by atoms with Gasteiger partial charge in [-0.3, -0.25) is 4.79 Å². The van der Waals surface area contributed by atoms with E-state index in [9.17, 15) is 13.2 Å². The van der Waals surface area contributed by atoms with Crippen molar-refractivity contribution in [2.45, 2.75) is 24.5 Å². The topological polar surface area (TPSA) is 72.5 Å². The molecule has 1 saturated heterocycles. The highest BCUT2D eigenvalue weighted by Gasteiger charge is 2.57. The van der Waals surface area contributed by atoms with Crippen LogP contribution in [0.3, 0.4) is 0 Å². The summed E-state index contributed by atoms with van der Waals surface area (Å²) in [6.07, 6.45) is 3.59. The Hall–Kier alpha value is -0.620. The van der Waals surface area contributed by atoms with Gasteiger partial charge in [0.1, 0.15) is 0 Å². The number of carbonyl (C=O) groups is 1. The Bertz CT molecular complexity index is 415. The molecule has 6 heteroatoms. The lowest BCUT2D eigenvalue weighted by Crippen LogP contribution is -2.45. The quantitative estimate of drug-likeness (QED) is 0.706. The number of rotatable bonds is 2. The van der Waals surface area contributed by atoms with Crippen molar-refractivity contribution in [3.8, 4) is 0 Å². The van der Waals surface area contributed by atoms with E-state index in [4.69, 9.17) is 4.74 Å². The van der Waals surface area contributed by atoms with Gasteiger partial charge in [0.25, 0.3) is 0 Å². The van der Waals surface area contributed by atoms with Crippen LogP contribution in [-0.4, -0.2) is 46.1 Å². The van der Waals surface area contributed by atoms with Crippen LogP contribution < -0.4 is 5.32 Å². The fourth-order valence-electron chi connectivity index (χ4n) is 3.54. The van der Waals surface area contributed by atoms with E-state index in [-0.39, 0.29) is 11.9 Å². The first-order valence-corrected chi connectivity index (χ1v) is 7.85. The van der Waals surface area contributed by atoms with Crippen LogP contribution in [0.25, 0.3) is 0 Å². The van der Waals surface area contributed by atoms with Crippen molar-refractivity contribution in [2.24, 2.45) is 11.3 Å². The summed E-state index contributed by atoms with van der Waals surface area (Å²) in [6, 6.07) is 0. The zero-order chi connectivity index (χ0) is 12.7. The standard InChI is InChI=1S/C11H19NO4S/c1-16-10(13)8-6-12-7-11(8)5-3-4-9(11)17(2,14)15/h8-9,12H,3-7H2,1-2H3. The number of sulfone groups is 1. The number of nitrogens with one attached hydrogen (secondary N) is 1. The monoisotopic (exact) mass is 261 g/mol. The molecule has 0 bridgehead atoms. The van der Waals surface area contributed by atoms with Crippen molar-refractivity contribution in [1.29, 1.82) is 0 Å². The largest absolute Gasteiger partial charge is 0.469 e. The predicted molar refractivity (Wildman–Crippen MR) is 63.3 cm³/mol. The van der Waals surface area contributed by atoms with Crippen LogP contribution in [0.4, 0.5) is 0 Å². The first-order valence-electron chi connectivity index (χ1n) is 5.89. The van der Waals surface area contributed by atoms with Gasteiger partial charge in [-0.05, 0) is 12.8 Å². The summed E-state index contributed by atoms with van der Waals surface area (Å²) in [6.45, 7) is 1.13. The Balaban J connectivity index is 2.36. The smallest absolute Gasteiger partial charge is 0.310 e. The minimum atomic E-state index is -3.12. The number of methoxy groups -OCH3 is 1. The molecule has 0 aromatic rings. The lowest BCUT2D eigenvalue weighted by Gasteiger charge is -2.33. The summed E-state index contributed by atoms with van der Waals surface area (Å²) in [5.74, 6) is -0.611. The molecule has 1 saturated carbocycles. The molecule has 98 valence electrons. The second-order valence-corrected chi connectivity index (χ2v) is 7.38. The number of esters is 1. The summed E-state index contributed by atoms with van der Waals surface area (Å²) < 4.78 is 28.6. The van der Waals surface area contributed by atoms with Gasteiger partial charge in [0.05, 0.1) is 18.3 Å². The molecule has 17 heavy (non-hydrogen) atoms. The average Bonchev–Trinajstić information content (AvgIpc) is 2.85. The normalized spacial score (nSPS) is 37.5. The van der Waals surface area contributed by atoms with Crippen LogP contribution in [-0.2, 0) is 19.4 Å². The molecule has 2 rings (SSSR count). The zero-order valence-corrected chi connectivity index (χ0v) is 11.0. The molecule has 0 amide bonds. The molecular weight excluding hydrogens is 242 g/mol. The third-order valence-electron chi connectivity index (χ3n) is 4.25. The molecule has 1 heterocycles. The molecule has 0 aromatic carbocycles. The van der Waals surface area contributed by atoms with Gasteiger partial charge >= 0.3 is 5.97 Å². The third kappa shape index (κ3) is 1.97. The fraction of sp³-hybridized carbons (Fsp3) is 0.909. The number of hydrogen-bond donors (Lipinski definition) is 1. The minimum Gasteiger partial charge on any atom is -0.469 e. The fourth-order valence-corrected chi connectivity index (χ4v) is 5.36. The molecule has 3 unspecified atom stereocenters. The summed E-state index contributed by atoms with van der Waals surface area (Å²) in [4.78, 5) is 11.8. The summed E-state index contributed by atoms with van der Waals surface area (Å²) in [5, 5.41) is 2.75. The van der Waals surface area contributed by atoms with E-state index >= 15 is 0 Å². The lowest BCUT2D eigenvalue weighted by atomic mass is 9.76. The van der Waals surface area contributed by atoms with Crippen LogP contribution in [0.2, 0.25) is 0 Å². The van der Waals surface area contributed by atoms with Crippen molar-refractivity contribution >= 4 is 15.8 Å². The lowest BCUT2D eigenvalue weighted by molar-refractivity contribution is -0.148. The molecule has 1 aliphatic heterocycles. The summed E-state index contributed by atoms with van der Waals surface area (Å²) in [7, 11) is -1.76. The molecule has 3 atom stereocenters. The van der Waals surface area contributed by atoms with Gasteiger partial charge in [-0.1, -0.05) is 6.42 Å². The van der Waals surface area contributed by atoms with E-state index in [0.717, 1.165) is 12.8 Å². The maximum absolute atomic E-state index is 11.9. The second-order valence-electron chi connectivity index (χ2n) is 5.15. The molecule has 0 radical (unpaired) electrons. The van der Waals surface area contributed by atoms with E-state index in [1.165, 1.54) is 13.4 Å². The SMILES string of the molecule is COC(=O)C1CNCC12CCCC2S(C)(=O)=O. The van der Waals surface area contributed by atoms with E-state index < -0.39 is 20.5 Å². The van der Waals surface area contributed by atoms with Gasteiger partial charge in [-0.2, -0.15) is 0 Å². The van der Waals surface area contributed by atoms with E-state index in [2.05, 4.69) is 5.32 Å². The molecule has 2 aliphatic rings. The van der Waals surface area contributed by atoms with Crippen LogP contribution in [0, 0.1) is 11.3 Å². The Morgan fingerprint density at radius 1 is 1.47 bits per heavy atom. The maximum Gasteiger partial charge on any atom is 0.310 e. The van der Waals surface area contributed by atoms with E-state index in [0.29, 0.717) is 19.5 Å². The number of carbonyl (C=O) groups excluding carboxylic acids is 1. The highest BCUT2D eigenvalue weighted by molar-refractivity contribution is 7.91. The van der Waals surface area contributed by atoms with Gasteiger partial charge in [-0.25, -0.2) is 8.42 Å². The highest BCUT2D eigenvalue weighted by Crippen LogP contribution is 2.49. The van der Waals surface area contributed by atoms with Gasteiger partial charge in [-0.15, -0.1) is 0 Å². The first-order chi connectivity index (χ1) is 7.92. The first kappa shape index (κ1) is 12.8. The third-order valence-corrected chi connectivity index (χ3v) is 5.99. The van der Waals surface area contributed by atoms with Crippen LogP contribution in [0.5, 0.6) is 0 Å². The molecule has 0 aromatic heterocycles. The maximum atomic E-state index is 11.9. The molecule has 1 aliphatic carbocycles. The molecule has 2 fully saturated rings. The van der Waals surface area contributed by atoms with Crippen LogP contribution >= 0.6 is 0 Å². The van der Waals surface area contributed by atoms with Gasteiger partial charge in [0, 0.05) is 24.8 Å². The molecular formula is C11H19NO4S. The van der Waals surface area contributed by atoms with Crippen molar-refractivity contribution in [2.75, 3.05) is 26.5 Å². The molecule has 1 spiro atoms. The molecule has 1 N–H and O–H groups in total. The zero-order valence-electron chi connectivity index (χ0n) is 10.2. The predicted octanol–water partition coefficient (Wildman–Crippen LogP) is -0.0377. The van der Waals surface area contributed by atoms with Crippen molar-refractivity contribution in [1.82, 2.24) is 5.32 Å². The minimum absolute atomic E-state index is 0.287. The van der Waals surface area contributed by atoms with Crippen LogP contribution in [0.15, 0.2) is 0 Å². The molecule has 5 nitrogen and oxygen atoms in total. The van der Waals surface area contributed by atoms with Gasteiger partial charge in [0.15, 0.2) is 9.84 Å². The number of ether oxygens (including phenoxy) is 1. The summed E-state index contributed by atoms with van der Waals surface area (Å²) in [5.41, 5.74) is -0.444.